The van der Waals surface area contributed by atoms with Gasteiger partial charge in [0, 0.05) is 18.5 Å². The minimum Gasteiger partial charge on any atom is -0.492 e. The highest BCUT2D eigenvalue weighted by Crippen LogP contribution is 2.37. The van der Waals surface area contributed by atoms with Crippen molar-refractivity contribution in [3.8, 4) is 5.75 Å². The largest absolute Gasteiger partial charge is 0.492 e. The molecule has 3 nitrogen and oxygen atoms in total. The van der Waals surface area contributed by atoms with E-state index in [1.807, 2.05) is 12.1 Å². The van der Waals surface area contributed by atoms with Crippen LogP contribution in [0, 0.1) is 0 Å². The first kappa shape index (κ1) is 19.5. The Morgan fingerprint density at radius 2 is 2.00 bits per heavy atom. The summed E-state index contributed by atoms with van der Waals surface area (Å²) < 4.78 is 5.77. The molecule has 0 heterocycles. The Bertz CT molecular complexity index is 751. The highest BCUT2D eigenvalue weighted by atomic mass is 35.5. The molecule has 0 radical (unpaired) electrons. The molecule has 5 heteroatoms. The van der Waals surface area contributed by atoms with Gasteiger partial charge < -0.3 is 15.8 Å². The number of rotatable bonds is 7. The normalized spacial score (nSPS) is 19.2. The molecule has 3 rings (SSSR count). The molecule has 2 aromatic carbocycles. The van der Waals surface area contributed by atoms with Crippen LogP contribution in [0.5, 0.6) is 5.75 Å². The molecular formula is C21H26Cl2N2O. The Balaban J connectivity index is 1.92. The SMILES string of the molecule is CCNC1CCc2ccc(OCCN)cc2C1Cc1ccc(Cl)c(Cl)c1. The monoisotopic (exact) mass is 392 g/mol. The molecule has 0 fully saturated rings. The van der Waals surface area contributed by atoms with Crippen molar-refractivity contribution in [2.75, 3.05) is 19.7 Å². The minimum atomic E-state index is 0.373. The van der Waals surface area contributed by atoms with Gasteiger partial charge in [-0.15, -0.1) is 0 Å². The number of benzene rings is 2. The molecule has 26 heavy (non-hydrogen) atoms. The first-order chi connectivity index (χ1) is 12.6. The van der Waals surface area contributed by atoms with Crippen molar-refractivity contribution in [1.29, 1.82) is 0 Å². The van der Waals surface area contributed by atoms with Crippen molar-refractivity contribution in [3.05, 3.63) is 63.1 Å². The van der Waals surface area contributed by atoms with Crippen LogP contribution < -0.4 is 15.8 Å². The number of nitrogens with two attached hydrogens (primary N) is 1. The molecular weight excluding hydrogens is 367 g/mol. The number of halogens is 2. The summed E-state index contributed by atoms with van der Waals surface area (Å²) in [7, 11) is 0. The first-order valence-corrected chi connectivity index (χ1v) is 10.0. The van der Waals surface area contributed by atoms with Gasteiger partial charge in [-0.1, -0.05) is 42.3 Å². The molecule has 0 aromatic heterocycles. The maximum Gasteiger partial charge on any atom is 0.119 e. The molecule has 2 unspecified atom stereocenters. The summed E-state index contributed by atoms with van der Waals surface area (Å²) in [6.07, 6.45) is 3.14. The smallest absolute Gasteiger partial charge is 0.119 e. The molecule has 0 saturated carbocycles. The summed E-state index contributed by atoms with van der Waals surface area (Å²) in [5.74, 6) is 1.27. The Labute approximate surface area is 165 Å². The predicted molar refractivity (Wildman–Crippen MR) is 110 cm³/mol. The van der Waals surface area contributed by atoms with Crippen LogP contribution >= 0.6 is 23.2 Å². The number of nitrogens with one attached hydrogen (secondary N) is 1. The number of hydrogen-bond donors (Lipinski definition) is 2. The molecule has 0 spiro atoms. The maximum atomic E-state index is 6.23. The van der Waals surface area contributed by atoms with E-state index in [0.717, 1.165) is 31.6 Å². The zero-order chi connectivity index (χ0) is 18.5. The van der Waals surface area contributed by atoms with Crippen molar-refractivity contribution in [2.24, 2.45) is 5.73 Å². The maximum absolute atomic E-state index is 6.23. The molecule has 1 aliphatic rings. The first-order valence-electron chi connectivity index (χ1n) is 9.25. The molecule has 1 aliphatic carbocycles. The van der Waals surface area contributed by atoms with E-state index >= 15 is 0 Å². The number of likely N-dealkylation sites (N-methyl/N-ethyl adjacent to an activating group) is 1. The lowest BCUT2D eigenvalue weighted by Crippen LogP contribution is -2.39. The average Bonchev–Trinajstić information content (AvgIpc) is 2.65. The van der Waals surface area contributed by atoms with Crippen LogP contribution in [-0.2, 0) is 12.8 Å². The van der Waals surface area contributed by atoms with E-state index in [0.29, 0.717) is 35.2 Å². The average molecular weight is 393 g/mol. The Hall–Kier alpha value is -1.26. The van der Waals surface area contributed by atoms with E-state index in [2.05, 4.69) is 36.5 Å². The number of fused-ring (bicyclic) bond motifs is 1. The van der Waals surface area contributed by atoms with Crippen LogP contribution in [0.3, 0.4) is 0 Å². The molecule has 0 saturated heterocycles. The zero-order valence-electron chi connectivity index (χ0n) is 15.1. The van der Waals surface area contributed by atoms with Gasteiger partial charge in [-0.05, 0) is 66.8 Å². The van der Waals surface area contributed by atoms with E-state index in [1.165, 1.54) is 16.7 Å². The standard InChI is InChI=1S/C21H26Cl2N2O/c1-2-25-21-8-5-15-4-6-16(26-10-9-24)13-17(15)18(21)11-14-3-7-19(22)20(23)12-14/h3-4,6-7,12-13,18,21,25H,2,5,8-11,24H2,1H3. The zero-order valence-corrected chi connectivity index (χ0v) is 16.6. The molecule has 2 atom stereocenters. The second-order valence-electron chi connectivity index (χ2n) is 6.76. The fourth-order valence-electron chi connectivity index (χ4n) is 3.82. The Morgan fingerprint density at radius 1 is 1.15 bits per heavy atom. The Kier molecular flexibility index (Phi) is 6.82. The summed E-state index contributed by atoms with van der Waals surface area (Å²) in [5.41, 5.74) is 9.55. The van der Waals surface area contributed by atoms with Gasteiger partial charge in [0.2, 0.25) is 0 Å². The van der Waals surface area contributed by atoms with Crippen LogP contribution in [0.25, 0.3) is 0 Å². The lowest BCUT2D eigenvalue weighted by Gasteiger charge is -2.35. The molecule has 0 aliphatic heterocycles. The van der Waals surface area contributed by atoms with Gasteiger partial charge in [0.25, 0.3) is 0 Å². The van der Waals surface area contributed by atoms with Crippen molar-refractivity contribution in [3.63, 3.8) is 0 Å². The molecule has 3 N–H and O–H groups in total. The minimum absolute atomic E-state index is 0.373. The van der Waals surface area contributed by atoms with E-state index in [9.17, 15) is 0 Å². The van der Waals surface area contributed by atoms with E-state index in [-0.39, 0.29) is 0 Å². The second-order valence-corrected chi connectivity index (χ2v) is 7.57. The van der Waals surface area contributed by atoms with E-state index < -0.39 is 0 Å². The Morgan fingerprint density at radius 3 is 2.73 bits per heavy atom. The third kappa shape index (κ3) is 4.52. The van der Waals surface area contributed by atoms with E-state index in [1.54, 1.807) is 0 Å². The van der Waals surface area contributed by atoms with Crippen LogP contribution in [0.1, 0.15) is 36.0 Å². The molecule has 2 aromatic rings. The second kappa shape index (κ2) is 9.09. The van der Waals surface area contributed by atoms with Crippen molar-refractivity contribution in [1.82, 2.24) is 5.32 Å². The van der Waals surface area contributed by atoms with Crippen LogP contribution in [0.15, 0.2) is 36.4 Å². The highest BCUT2D eigenvalue weighted by Gasteiger charge is 2.29. The van der Waals surface area contributed by atoms with Gasteiger partial charge in [-0.2, -0.15) is 0 Å². The number of hydrogen-bond acceptors (Lipinski definition) is 3. The van der Waals surface area contributed by atoms with E-state index in [4.69, 9.17) is 33.7 Å². The van der Waals surface area contributed by atoms with Gasteiger partial charge in [0.15, 0.2) is 0 Å². The summed E-state index contributed by atoms with van der Waals surface area (Å²) in [6, 6.07) is 12.8. The van der Waals surface area contributed by atoms with Gasteiger partial charge in [-0.3, -0.25) is 0 Å². The van der Waals surface area contributed by atoms with Gasteiger partial charge >= 0.3 is 0 Å². The lowest BCUT2D eigenvalue weighted by molar-refractivity contribution is 0.325. The highest BCUT2D eigenvalue weighted by molar-refractivity contribution is 6.42. The third-order valence-electron chi connectivity index (χ3n) is 5.02. The summed E-state index contributed by atoms with van der Waals surface area (Å²) in [4.78, 5) is 0. The van der Waals surface area contributed by atoms with Gasteiger partial charge in [-0.25, -0.2) is 0 Å². The molecule has 0 bridgehead atoms. The quantitative estimate of drug-likeness (QED) is 0.724. The van der Waals surface area contributed by atoms with Crippen molar-refractivity contribution < 1.29 is 4.74 Å². The summed E-state index contributed by atoms with van der Waals surface area (Å²) in [5, 5.41) is 4.87. The van der Waals surface area contributed by atoms with Crippen LogP contribution in [0.2, 0.25) is 10.0 Å². The molecule has 0 amide bonds. The van der Waals surface area contributed by atoms with Gasteiger partial charge in [0.05, 0.1) is 10.0 Å². The molecule has 140 valence electrons. The van der Waals surface area contributed by atoms with Crippen LogP contribution in [-0.4, -0.2) is 25.7 Å². The number of ether oxygens (including phenoxy) is 1. The fourth-order valence-corrected chi connectivity index (χ4v) is 4.14. The predicted octanol–water partition coefficient (Wildman–Crippen LogP) is 4.58. The van der Waals surface area contributed by atoms with Crippen LogP contribution in [0.4, 0.5) is 0 Å². The summed E-state index contributed by atoms with van der Waals surface area (Å²) >= 11 is 12.3. The topological polar surface area (TPSA) is 47.3 Å². The summed E-state index contributed by atoms with van der Waals surface area (Å²) in [6.45, 7) is 4.17. The fraction of sp³-hybridized carbons (Fsp3) is 0.429. The van der Waals surface area contributed by atoms with Gasteiger partial charge in [0.1, 0.15) is 12.4 Å². The van der Waals surface area contributed by atoms with Crippen molar-refractivity contribution >= 4 is 23.2 Å². The van der Waals surface area contributed by atoms with Crippen molar-refractivity contribution in [2.45, 2.75) is 38.1 Å². The lowest BCUT2D eigenvalue weighted by atomic mass is 9.76. The number of aryl methyl sites for hydroxylation is 1. The third-order valence-corrected chi connectivity index (χ3v) is 5.76.